The highest BCUT2D eigenvalue weighted by atomic mass is 16.7. The zero-order chi connectivity index (χ0) is 12.3. The molecule has 0 aromatic heterocycles. The first-order valence-corrected chi connectivity index (χ1v) is 5.49. The lowest BCUT2D eigenvalue weighted by atomic mass is 10.1. The summed E-state index contributed by atoms with van der Waals surface area (Å²) >= 11 is 0. The second kappa shape index (κ2) is 5.14. The van der Waals surface area contributed by atoms with Gasteiger partial charge in [-0.2, -0.15) is 0 Å². The lowest BCUT2D eigenvalue weighted by molar-refractivity contribution is 0.168. The van der Waals surface area contributed by atoms with Crippen LogP contribution in [0.3, 0.4) is 0 Å². The average molecular weight is 239 g/mol. The maximum atomic E-state index is 5.44. The highest BCUT2D eigenvalue weighted by Gasteiger charge is 2.26. The smallest absolute Gasteiger partial charge is 0.231 e. The summed E-state index contributed by atoms with van der Waals surface area (Å²) in [5.41, 5.74) is 1.04. The number of ether oxygens (including phenoxy) is 4. The van der Waals surface area contributed by atoms with E-state index in [1.165, 1.54) is 0 Å². The molecule has 0 unspecified atom stereocenters. The molecule has 0 fully saturated rings. The van der Waals surface area contributed by atoms with Crippen molar-refractivity contribution in [3.8, 4) is 23.0 Å². The van der Waals surface area contributed by atoms with Crippen molar-refractivity contribution in [2.45, 2.75) is 6.42 Å². The molecule has 0 aliphatic carbocycles. The van der Waals surface area contributed by atoms with Gasteiger partial charge in [0.2, 0.25) is 18.3 Å². The van der Waals surface area contributed by atoms with E-state index in [1.54, 1.807) is 14.2 Å². The van der Waals surface area contributed by atoms with E-state index in [2.05, 4.69) is 5.32 Å². The van der Waals surface area contributed by atoms with E-state index >= 15 is 0 Å². The molecule has 1 aromatic rings. The van der Waals surface area contributed by atoms with Gasteiger partial charge in [-0.25, -0.2) is 0 Å². The van der Waals surface area contributed by atoms with Crippen LogP contribution < -0.4 is 24.3 Å². The van der Waals surface area contributed by atoms with Gasteiger partial charge < -0.3 is 24.3 Å². The van der Waals surface area contributed by atoms with Crippen molar-refractivity contribution >= 4 is 0 Å². The molecule has 0 radical (unpaired) electrons. The Morgan fingerprint density at radius 1 is 1.24 bits per heavy atom. The van der Waals surface area contributed by atoms with Crippen LogP contribution in [-0.4, -0.2) is 34.6 Å². The standard InChI is InChI=1S/C12H17NO4/c1-13-5-4-8-6-9(14-2)11-12(10(8)15-3)17-7-16-11/h6,13H,4-5,7H2,1-3H3. The Bertz CT molecular complexity index is 406. The Morgan fingerprint density at radius 3 is 2.65 bits per heavy atom. The molecule has 0 saturated carbocycles. The minimum absolute atomic E-state index is 0.206. The zero-order valence-electron chi connectivity index (χ0n) is 10.3. The highest BCUT2D eigenvalue weighted by Crippen LogP contribution is 2.49. The van der Waals surface area contributed by atoms with Crippen LogP contribution in [-0.2, 0) is 6.42 Å². The van der Waals surface area contributed by atoms with Gasteiger partial charge in [0.15, 0.2) is 11.5 Å². The van der Waals surface area contributed by atoms with Crippen molar-refractivity contribution in [1.29, 1.82) is 0 Å². The number of fused-ring (bicyclic) bond motifs is 1. The largest absolute Gasteiger partial charge is 0.493 e. The van der Waals surface area contributed by atoms with Gasteiger partial charge in [0, 0.05) is 5.56 Å². The van der Waals surface area contributed by atoms with Gasteiger partial charge in [-0.15, -0.1) is 0 Å². The monoisotopic (exact) mass is 239 g/mol. The van der Waals surface area contributed by atoms with Crippen LogP contribution in [0.1, 0.15) is 5.56 Å². The first-order valence-electron chi connectivity index (χ1n) is 5.49. The van der Waals surface area contributed by atoms with E-state index in [1.807, 2.05) is 13.1 Å². The van der Waals surface area contributed by atoms with Gasteiger partial charge in [0.05, 0.1) is 14.2 Å². The molecule has 1 aliphatic heterocycles. The summed E-state index contributed by atoms with van der Waals surface area (Å²) in [5.74, 6) is 2.67. The Morgan fingerprint density at radius 2 is 2.00 bits per heavy atom. The number of likely N-dealkylation sites (N-methyl/N-ethyl adjacent to an activating group) is 1. The first kappa shape index (κ1) is 11.9. The van der Waals surface area contributed by atoms with Crippen molar-refractivity contribution in [3.05, 3.63) is 11.6 Å². The maximum absolute atomic E-state index is 5.44. The Hall–Kier alpha value is -1.62. The third-order valence-corrected chi connectivity index (χ3v) is 2.71. The van der Waals surface area contributed by atoms with Gasteiger partial charge in [-0.3, -0.25) is 0 Å². The SMILES string of the molecule is CNCCc1cc(OC)c2c(c1OC)OCO2. The number of methoxy groups -OCH3 is 2. The molecule has 17 heavy (non-hydrogen) atoms. The Labute approximate surface area is 101 Å². The molecule has 5 heteroatoms. The molecule has 1 aromatic carbocycles. The van der Waals surface area contributed by atoms with Crippen molar-refractivity contribution in [2.24, 2.45) is 0 Å². The third-order valence-electron chi connectivity index (χ3n) is 2.71. The molecule has 1 aliphatic rings. The molecule has 0 saturated heterocycles. The van der Waals surface area contributed by atoms with Gasteiger partial charge in [-0.05, 0) is 26.1 Å². The van der Waals surface area contributed by atoms with Crippen molar-refractivity contribution in [3.63, 3.8) is 0 Å². The van der Waals surface area contributed by atoms with E-state index in [-0.39, 0.29) is 6.79 Å². The fraction of sp³-hybridized carbons (Fsp3) is 0.500. The average Bonchev–Trinajstić information content (AvgIpc) is 2.83. The molecule has 0 spiro atoms. The van der Waals surface area contributed by atoms with Gasteiger partial charge >= 0.3 is 0 Å². The first-order chi connectivity index (χ1) is 8.31. The van der Waals surface area contributed by atoms with Crippen LogP contribution in [0.2, 0.25) is 0 Å². The molecular formula is C12H17NO4. The van der Waals surface area contributed by atoms with Crippen LogP contribution in [0, 0.1) is 0 Å². The summed E-state index contributed by atoms with van der Waals surface area (Å²) in [6.07, 6.45) is 0.840. The predicted molar refractivity (Wildman–Crippen MR) is 63.3 cm³/mol. The van der Waals surface area contributed by atoms with E-state index in [9.17, 15) is 0 Å². The zero-order valence-corrected chi connectivity index (χ0v) is 10.3. The van der Waals surface area contributed by atoms with E-state index < -0.39 is 0 Å². The quantitative estimate of drug-likeness (QED) is 0.836. The molecule has 2 rings (SSSR count). The number of rotatable bonds is 5. The molecule has 0 bridgehead atoms. The summed E-state index contributed by atoms with van der Waals surface area (Å²) in [7, 11) is 5.16. The second-order valence-corrected chi connectivity index (χ2v) is 3.69. The summed E-state index contributed by atoms with van der Waals surface area (Å²) < 4.78 is 21.5. The summed E-state index contributed by atoms with van der Waals surface area (Å²) in [6.45, 7) is 1.07. The minimum atomic E-state index is 0.206. The molecule has 0 atom stereocenters. The highest BCUT2D eigenvalue weighted by molar-refractivity contribution is 5.63. The Balaban J connectivity index is 2.43. The lowest BCUT2D eigenvalue weighted by Gasteiger charge is -2.13. The van der Waals surface area contributed by atoms with Crippen LogP contribution >= 0.6 is 0 Å². The minimum Gasteiger partial charge on any atom is -0.493 e. The molecule has 94 valence electrons. The predicted octanol–water partition coefficient (Wildman–Crippen LogP) is 1.19. The number of hydrogen-bond donors (Lipinski definition) is 1. The van der Waals surface area contributed by atoms with Gasteiger partial charge in [0.25, 0.3) is 0 Å². The van der Waals surface area contributed by atoms with Crippen molar-refractivity contribution in [1.82, 2.24) is 5.32 Å². The van der Waals surface area contributed by atoms with Crippen LogP contribution in [0.4, 0.5) is 0 Å². The van der Waals surface area contributed by atoms with Gasteiger partial charge in [-0.1, -0.05) is 0 Å². The van der Waals surface area contributed by atoms with E-state index in [0.717, 1.165) is 24.3 Å². The third kappa shape index (κ3) is 2.10. The van der Waals surface area contributed by atoms with E-state index in [4.69, 9.17) is 18.9 Å². The van der Waals surface area contributed by atoms with Crippen molar-refractivity contribution < 1.29 is 18.9 Å². The van der Waals surface area contributed by atoms with E-state index in [0.29, 0.717) is 17.2 Å². The fourth-order valence-corrected chi connectivity index (χ4v) is 1.89. The molecule has 0 amide bonds. The second-order valence-electron chi connectivity index (χ2n) is 3.69. The lowest BCUT2D eigenvalue weighted by Crippen LogP contribution is -2.11. The van der Waals surface area contributed by atoms with Crippen LogP contribution in [0.5, 0.6) is 23.0 Å². The Kier molecular flexibility index (Phi) is 3.58. The summed E-state index contributed by atoms with van der Waals surface area (Å²) in [6, 6.07) is 1.93. The molecular weight excluding hydrogens is 222 g/mol. The van der Waals surface area contributed by atoms with Crippen LogP contribution in [0.15, 0.2) is 6.07 Å². The topological polar surface area (TPSA) is 49.0 Å². The van der Waals surface area contributed by atoms with Gasteiger partial charge in [0.1, 0.15) is 0 Å². The van der Waals surface area contributed by atoms with Crippen LogP contribution in [0.25, 0.3) is 0 Å². The summed E-state index contributed by atoms with van der Waals surface area (Å²) in [5, 5.41) is 3.10. The number of hydrogen-bond acceptors (Lipinski definition) is 5. The fourth-order valence-electron chi connectivity index (χ4n) is 1.89. The molecule has 1 N–H and O–H groups in total. The molecule has 1 heterocycles. The number of benzene rings is 1. The van der Waals surface area contributed by atoms with Crippen molar-refractivity contribution in [2.75, 3.05) is 34.6 Å². The number of nitrogens with one attached hydrogen (secondary N) is 1. The maximum Gasteiger partial charge on any atom is 0.231 e. The summed E-state index contributed by atoms with van der Waals surface area (Å²) in [4.78, 5) is 0. The molecule has 5 nitrogen and oxygen atoms in total. The normalized spacial score (nSPS) is 12.6.